The van der Waals surface area contributed by atoms with Gasteiger partial charge >= 0.3 is 0 Å². The Morgan fingerprint density at radius 1 is 0.655 bits per heavy atom. The van der Waals surface area contributed by atoms with Crippen LogP contribution in [0.1, 0.15) is 70.6 Å². The lowest BCUT2D eigenvalue weighted by Crippen LogP contribution is -2.31. The second-order valence-corrected chi connectivity index (χ2v) is 7.23. The molecule has 0 aromatic heterocycles. The number of rotatable bonds is 20. The van der Waals surface area contributed by atoms with Gasteiger partial charge in [-0.15, -0.1) is 0 Å². The van der Waals surface area contributed by atoms with Gasteiger partial charge in [0.05, 0.1) is 0 Å². The molecule has 0 heterocycles. The van der Waals surface area contributed by atoms with Crippen LogP contribution < -0.4 is 33.2 Å². The summed E-state index contributed by atoms with van der Waals surface area (Å²) in [7, 11) is 0. The van der Waals surface area contributed by atoms with Crippen LogP contribution in [0.4, 0.5) is 0 Å². The Hall–Kier alpha value is -1.87. The summed E-state index contributed by atoms with van der Waals surface area (Å²) in [6.07, 6.45) is 10.1. The Kier molecular flexibility index (Phi) is 19.5. The topological polar surface area (TPSA) is 161 Å². The highest BCUT2D eigenvalue weighted by atomic mass is 16.2. The van der Waals surface area contributed by atoms with Crippen molar-refractivity contribution in [1.29, 1.82) is 0 Å². The first-order valence-corrected chi connectivity index (χ1v) is 11.1. The molecule has 0 rings (SSSR count). The summed E-state index contributed by atoms with van der Waals surface area (Å²) in [5, 5.41) is 9.01. The van der Waals surface area contributed by atoms with Gasteiger partial charge in [0.2, 0.25) is 11.8 Å². The fourth-order valence-corrected chi connectivity index (χ4v) is 2.76. The molecular formula is C20H43N7O2. The van der Waals surface area contributed by atoms with Crippen LogP contribution in [0.2, 0.25) is 0 Å². The average molecular weight is 414 g/mol. The molecule has 0 aliphatic heterocycles. The number of hydrogen-bond donors (Lipinski definition) is 6. The summed E-state index contributed by atoms with van der Waals surface area (Å²) in [4.78, 5) is 27.4. The van der Waals surface area contributed by atoms with Crippen molar-refractivity contribution < 1.29 is 9.59 Å². The van der Waals surface area contributed by atoms with E-state index in [1.807, 2.05) is 0 Å². The van der Waals surface area contributed by atoms with E-state index < -0.39 is 0 Å². The number of nitrogens with one attached hydrogen (secondary N) is 3. The summed E-state index contributed by atoms with van der Waals surface area (Å²) in [5.41, 5.74) is 16.0. The number of nitrogens with two attached hydrogens (primary N) is 3. The maximum atomic E-state index is 11.8. The van der Waals surface area contributed by atoms with E-state index in [0.717, 1.165) is 70.9 Å². The molecule has 0 aliphatic carbocycles. The van der Waals surface area contributed by atoms with E-state index in [1.54, 1.807) is 0 Å². The summed E-state index contributed by atoms with van der Waals surface area (Å²) in [6, 6.07) is 0. The summed E-state index contributed by atoms with van der Waals surface area (Å²) in [5.74, 6) is 0.159. The van der Waals surface area contributed by atoms with Gasteiger partial charge in [-0.2, -0.15) is 0 Å². The lowest BCUT2D eigenvalue weighted by Gasteiger charge is -2.07. The maximum absolute atomic E-state index is 11.8. The van der Waals surface area contributed by atoms with Crippen molar-refractivity contribution in [2.24, 2.45) is 22.2 Å². The van der Waals surface area contributed by atoms with Gasteiger partial charge in [0.25, 0.3) is 0 Å². The molecule has 0 bridgehead atoms. The molecule has 29 heavy (non-hydrogen) atoms. The van der Waals surface area contributed by atoms with E-state index in [-0.39, 0.29) is 17.8 Å². The molecule has 0 aromatic rings. The first kappa shape index (κ1) is 27.1. The summed E-state index contributed by atoms with van der Waals surface area (Å²) < 4.78 is 0. The van der Waals surface area contributed by atoms with E-state index >= 15 is 0 Å². The summed E-state index contributed by atoms with van der Waals surface area (Å²) >= 11 is 0. The van der Waals surface area contributed by atoms with Gasteiger partial charge in [0.1, 0.15) is 0 Å². The van der Waals surface area contributed by atoms with Crippen LogP contribution in [0.15, 0.2) is 4.99 Å². The van der Waals surface area contributed by atoms with Crippen molar-refractivity contribution in [3.63, 3.8) is 0 Å². The van der Waals surface area contributed by atoms with Crippen molar-refractivity contribution >= 4 is 17.8 Å². The third-order valence-corrected chi connectivity index (χ3v) is 4.44. The minimum atomic E-state index is -0.0119. The van der Waals surface area contributed by atoms with E-state index in [2.05, 4.69) is 20.9 Å². The van der Waals surface area contributed by atoms with Crippen molar-refractivity contribution in [2.45, 2.75) is 70.6 Å². The van der Waals surface area contributed by atoms with Crippen molar-refractivity contribution in [3.8, 4) is 0 Å². The zero-order chi connectivity index (χ0) is 21.6. The third kappa shape index (κ3) is 22.3. The molecule has 9 heteroatoms. The molecular weight excluding hydrogens is 370 g/mol. The number of carbonyl (C=O) groups excluding carboxylic acids is 2. The van der Waals surface area contributed by atoms with Gasteiger partial charge in [-0.3, -0.25) is 14.6 Å². The molecule has 9 N–H and O–H groups in total. The lowest BCUT2D eigenvalue weighted by atomic mass is 10.1. The maximum Gasteiger partial charge on any atom is 0.221 e. The van der Waals surface area contributed by atoms with E-state index in [0.29, 0.717) is 39.0 Å². The quantitative estimate of drug-likeness (QED) is 0.0957. The lowest BCUT2D eigenvalue weighted by molar-refractivity contribution is -0.122. The second kappa shape index (κ2) is 20.9. The molecule has 0 fully saturated rings. The van der Waals surface area contributed by atoms with E-state index in [1.165, 1.54) is 0 Å². The molecule has 0 unspecified atom stereocenters. The molecule has 9 nitrogen and oxygen atoms in total. The highest BCUT2D eigenvalue weighted by Crippen LogP contribution is 2.07. The Labute approximate surface area is 176 Å². The van der Waals surface area contributed by atoms with Crippen molar-refractivity contribution in [2.75, 3.05) is 39.3 Å². The van der Waals surface area contributed by atoms with Crippen LogP contribution in [0.3, 0.4) is 0 Å². The van der Waals surface area contributed by atoms with Crippen molar-refractivity contribution in [1.82, 2.24) is 16.0 Å². The molecule has 170 valence electrons. The third-order valence-electron chi connectivity index (χ3n) is 4.44. The molecule has 0 aliphatic rings. The van der Waals surface area contributed by atoms with Crippen LogP contribution in [0.25, 0.3) is 0 Å². The number of aliphatic imine (C=N–C) groups is 1. The SMILES string of the molecule is NCCCNCCCCNC(=O)CCNC(=O)CCCCCCCCN=C(N)N. The van der Waals surface area contributed by atoms with Crippen LogP contribution in [-0.2, 0) is 9.59 Å². The molecule has 0 atom stereocenters. The first-order valence-electron chi connectivity index (χ1n) is 11.1. The normalized spacial score (nSPS) is 10.5. The number of amides is 2. The summed E-state index contributed by atoms with van der Waals surface area (Å²) in [6.45, 7) is 4.37. The average Bonchev–Trinajstić information content (AvgIpc) is 2.68. The Bertz CT molecular complexity index is 441. The number of hydrogen-bond acceptors (Lipinski definition) is 5. The molecule has 0 saturated heterocycles. The largest absolute Gasteiger partial charge is 0.370 e. The highest BCUT2D eigenvalue weighted by molar-refractivity contribution is 5.78. The minimum Gasteiger partial charge on any atom is -0.370 e. The van der Waals surface area contributed by atoms with E-state index in [9.17, 15) is 9.59 Å². The monoisotopic (exact) mass is 413 g/mol. The predicted octanol–water partition coefficient (Wildman–Crippen LogP) is 0.332. The van der Waals surface area contributed by atoms with Crippen LogP contribution in [0.5, 0.6) is 0 Å². The number of guanidine groups is 1. The van der Waals surface area contributed by atoms with E-state index in [4.69, 9.17) is 17.2 Å². The van der Waals surface area contributed by atoms with Crippen LogP contribution in [-0.4, -0.2) is 57.0 Å². The minimum absolute atomic E-state index is 0.0119. The molecule has 2 amide bonds. The molecule has 0 saturated carbocycles. The van der Waals surface area contributed by atoms with Gasteiger partial charge < -0.3 is 33.2 Å². The Balaban J connectivity index is 3.35. The van der Waals surface area contributed by atoms with Crippen LogP contribution in [0, 0.1) is 0 Å². The smallest absolute Gasteiger partial charge is 0.221 e. The van der Waals surface area contributed by atoms with Gasteiger partial charge in [0, 0.05) is 32.5 Å². The first-order chi connectivity index (χ1) is 14.1. The van der Waals surface area contributed by atoms with Crippen molar-refractivity contribution in [3.05, 3.63) is 0 Å². The standard InChI is InChI=1S/C20H43N7O2/c21-12-9-14-24-13-7-8-15-25-19(29)11-17-26-18(28)10-5-3-1-2-4-6-16-27-20(22)23/h24H,1-17,21H2,(H,25,29)(H,26,28)(H4,22,23,27). The molecule has 0 aromatic carbocycles. The Morgan fingerprint density at radius 3 is 1.97 bits per heavy atom. The highest BCUT2D eigenvalue weighted by Gasteiger charge is 2.04. The van der Waals surface area contributed by atoms with Gasteiger partial charge in [-0.1, -0.05) is 25.7 Å². The fourth-order valence-electron chi connectivity index (χ4n) is 2.76. The van der Waals surface area contributed by atoms with Crippen LogP contribution >= 0.6 is 0 Å². The van der Waals surface area contributed by atoms with Gasteiger partial charge in [-0.05, 0) is 51.7 Å². The Morgan fingerprint density at radius 2 is 1.24 bits per heavy atom. The zero-order valence-corrected chi connectivity index (χ0v) is 18.0. The molecule has 0 radical (unpaired) electrons. The zero-order valence-electron chi connectivity index (χ0n) is 18.0. The number of unbranched alkanes of at least 4 members (excludes halogenated alkanes) is 6. The predicted molar refractivity (Wildman–Crippen MR) is 119 cm³/mol. The number of nitrogens with zero attached hydrogens (tertiary/aromatic N) is 1. The van der Waals surface area contributed by atoms with Gasteiger partial charge in [0.15, 0.2) is 5.96 Å². The number of carbonyl (C=O) groups is 2. The fraction of sp³-hybridized carbons (Fsp3) is 0.850. The molecule has 0 spiro atoms. The second-order valence-electron chi connectivity index (χ2n) is 7.23. The van der Waals surface area contributed by atoms with Gasteiger partial charge in [-0.25, -0.2) is 0 Å².